The molecular weight excluding hydrogens is 623 g/mol. The molecule has 1 aliphatic heterocycles. The van der Waals surface area contributed by atoms with E-state index in [1.165, 1.54) is 27.3 Å². The van der Waals surface area contributed by atoms with E-state index in [0.29, 0.717) is 5.84 Å². The lowest BCUT2D eigenvalue weighted by Gasteiger charge is -2.24. The van der Waals surface area contributed by atoms with Crippen LogP contribution >= 0.6 is 0 Å². The van der Waals surface area contributed by atoms with Gasteiger partial charge in [0.15, 0.2) is 5.84 Å². The van der Waals surface area contributed by atoms with Crippen molar-refractivity contribution < 1.29 is 4.42 Å². The van der Waals surface area contributed by atoms with Crippen LogP contribution in [-0.2, 0) is 0 Å². The maximum atomic E-state index is 6.81. The molecule has 4 heteroatoms. The SMILES string of the molecule is c1ccc(C2=NC(c3cc(-c4ccc(-c5ccccc5)c5ccccc45)cc4c3oc3ccc5ccccc5c34)=NC(c3ccccc3)N2)cc1. The smallest absolute Gasteiger partial charge is 0.163 e. The van der Waals surface area contributed by atoms with Gasteiger partial charge in [-0.1, -0.05) is 158 Å². The summed E-state index contributed by atoms with van der Waals surface area (Å²) in [6, 6.07) is 61.6. The van der Waals surface area contributed by atoms with Crippen molar-refractivity contribution in [3.8, 4) is 22.3 Å². The van der Waals surface area contributed by atoms with E-state index >= 15 is 0 Å². The van der Waals surface area contributed by atoms with E-state index in [0.717, 1.165) is 61.0 Å². The monoisotopic (exact) mass is 653 g/mol. The summed E-state index contributed by atoms with van der Waals surface area (Å²) < 4.78 is 6.81. The molecule has 1 aliphatic rings. The molecule has 2 heterocycles. The summed E-state index contributed by atoms with van der Waals surface area (Å²) in [4.78, 5) is 10.5. The maximum absolute atomic E-state index is 6.81. The first kappa shape index (κ1) is 29.2. The standard InChI is InChI=1S/C47H31N3O/c1-4-14-30(15-5-1)35-25-26-36(39-23-13-12-22-38(35)39)34-28-40-43-37-21-11-10-16-31(37)24-27-42(43)51-44(40)41(29-34)47-49-45(32-17-6-2-7-18-32)48-46(50-47)33-19-8-3-9-20-33/h1-29,45H,(H,48,49,50). The number of aliphatic imine (C=N–C) groups is 2. The van der Waals surface area contributed by atoms with Crippen LogP contribution in [0.15, 0.2) is 190 Å². The van der Waals surface area contributed by atoms with Gasteiger partial charge in [-0.2, -0.15) is 0 Å². The Bertz CT molecular complexity index is 2820. The number of fused-ring (bicyclic) bond motifs is 6. The fourth-order valence-electron chi connectivity index (χ4n) is 7.51. The summed E-state index contributed by atoms with van der Waals surface area (Å²) in [5.41, 5.74) is 9.16. The molecule has 240 valence electrons. The molecule has 0 fully saturated rings. The normalized spacial score (nSPS) is 14.5. The van der Waals surface area contributed by atoms with Crippen LogP contribution < -0.4 is 5.32 Å². The molecule has 10 rings (SSSR count). The third-order valence-corrected chi connectivity index (χ3v) is 9.93. The Morgan fingerprint density at radius 1 is 0.471 bits per heavy atom. The van der Waals surface area contributed by atoms with Crippen LogP contribution in [0.5, 0.6) is 0 Å². The molecule has 9 aromatic rings. The van der Waals surface area contributed by atoms with Crippen LogP contribution in [0, 0.1) is 0 Å². The highest BCUT2D eigenvalue weighted by atomic mass is 16.3. The van der Waals surface area contributed by atoms with Gasteiger partial charge >= 0.3 is 0 Å². The van der Waals surface area contributed by atoms with Gasteiger partial charge < -0.3 is 9.73 Å². The second kappa shape index (κ2) is 12.0. The minimum atomic E-state index is -0.330. The average Bonchev–Trinajstić information content (AvgIpc) is 3.60. The van der Waals surface area contributed by atoms with Crippen molar-refractivity contribution in [1.29, 1.82) is 0 Å². The predicted octanol–water partition coefficient (Wildman–Crippen LogP) is 11.7. The van der Waals surface area contributed by atoms with Gasteiger partial charge in [-0.3, -0.25) is 0 Å². The van der Waals surface area contributed by atoms with Crippen LogP contribution in [0.3, 0.4) is 0 Å². The molecule has 0 saturated heterocycles. The predicted molar refractivity (Wildman–Crippen MR) is 211 cm³/mol. The molecule has 0 aliphatic carbocycles. The van der Waals surface area contributed by atoms with Crippen LogP contribution in [0.2, 0.25) is 0 Å². The van der Waals surface area contributed by atoms with Crippen molar-refractivity contribution in [2.75, 3.05) is 0 Å². The number of hydrogen-bond donors (Lipinski definition) is 1. The fourth-order valence-corrected chi connectivity index (χ4v) is 7.51. The van der Waals surface area contributed by atoms with E-state index in [1.807, 2.05) is 36.4 Å². The summed E-state index contributed by atoms with van der Waals surface area (Å²) in [6.07, 6.45) is -0.330. The van der Waals surface area contributed by atoms with Crippen molar-refractivity contribution in [3.05, 3.63) is 193 Å². The van der Waals surface area contributed by atoms with E-state index in [2.05, 4.69) is 145 Å². The molecule has 0 saturated carbocycles. The van der Waals surface area contributed by atoms with Crippen LogP contribution in [0.25, 0.3) is 65.7 Å². The topological polar surface area (TPSA) is 49.9 Å². The van der Waals surface area contributed by atoms with Gasteiger partial charge in [0.25, 0.3) is 0 Å². The van der Waals surface area contributed by atoms with Gasteiger partial charge in [0.1, 0.15) is 23.2 Å². The number of nitrogens with zero attached hydrogens (tertiary/aromatic N) is 2. The maximum Gasteiger partial charge on any atom is 0.163 e. The molecule has 0 bridgehead atoms. The molecular formula is C47H31N3O. The highest BCUT2D eigenvalue weighted by Gasteiger charge is 2.25. The Morgan fingerprint density at radius 2 is 1.08 bits per heavy atom. The molecule has 0 amide bonds. The summed E-state index contributed by atoms with van der Waals surface area (Å²) >= 11 is 0. The largest absolute Gasteiger partial charge is 0.455 e. The van der Waals surface area contributed by atoms with E-state index in [-0.39, 0.29) is 6.17 Å². The lowest BCUT2D eigenvalue weighted by Crippen LogP contribution is -2.33. The number of nitrogens with one attached hydrogen (secondary N) is 1. The number of rotatable bonds is 5. The molecule has 1 atom stereocenters. The van der Waals surface area contributed by atoms with E-state index < -0.39 is 0 Å². The zero-order valence-corrected chi connectivity index (χ0v) is 27.6. The van der Waals surface area contributed by atoms with Crippen LogP contribution in [0.4, 0.5) is 0 Å². The van der Waals surface area contributed by atoms with Gasteiger partial charge in [0.2, 0.25) is 0 Å². The van der Waals surface area contributed by atoms with Crippen molar-refractivity contribution in [1.82, 2.24) is 5.32 Å². The van der Waals surface area contributed by atoms with Gasteiger partial charge in [-0.05, 0) is 67.6 Å². The lowest BCUT2D eigenvalue weighted by molar-refractivity contribution is 0.663. The quantitative estimate of drug-likeness (QED) is 0.201. The highest BCUT2D eigenvalue weighted by molar-refractivity contribution is 6.25. The zero-order chi connectivity index (χ0) is 33.7. The van der Waals surface area contributed by atoms with E-state index in [4.69, 9.17) is 14.4 Å². The Balaban J connectivity index is 1.27. The molecule has 1 aromatic heterocycles. The minimum absolute atomic E-state index is 0.330. The van der Waals surface area contributed by atoms with Gasteiger partial charge in [-0.15, -0.1) is 0 Å². The molecule has 51 heavy (non-hydrogen) atoms. The second-order valence-electron chi connectivity index (χ2n) is 13.0. The van der Waals surface area contributed by atoms with Crippen molar-refractivity contribution >= 4 is 55.2 Å². The van der Waals surface area contributed by atoms with Crippen LogP contribution in [0.1, 0.15) is 22.9 Å². The first-order chi connectivity index (χ1) is 25.3. The minimum Gasteiger partial charge on any atom is -0.455 e. The molecule has 1 unspecified atom stereocenters. The summed E-state index contributed by atoms with van der Waals surface area (Å²) in [5, 5.41) is 10.5. The lowest BCUT2D eigenvalue weighted by atomic mass is 9.90. The van der Waals surface area contributed by atoms with Crippen LogP contribution in [-0.4, -0.2) is 11.7 Å². The first-order valence-corrected chi connectivity index (χ1v) is 17.3. The number of furan rings is 1. The molecule has 0 spiro atoms. The Labute approximate surface area is 295 Å². The van der Waals surface area contributed by atoms with Crippen molar-refractivity contribution in [2.24, 2.45) is 9.98 Å². The van der Waals surface area contributed by atoms with Gasteiger partial charge in [0, 0.05) is 16.3 Å². The third kappa shape index (κ3) is 5.00. The summed E-state index contributed by atoms with van der Waals surface area (Å²) in [6.45, 7) is 0. The number of amidine groups is 2. The van der Waals surface area contributed by atoms with E-state index in [1.54, 1.807) is 0 Å². The average molecular weight is 654 g/mol. The number of benzene rings is 8. The van der Waals surface area contributed by atoms with Gasteiger partial charge in [0.05, 0.1) is 5.56 Å². The molecule has 0 radical (unpaired) electrons. The first-order valence-electron chi connectivity index (χ1n) is 17.3. The van der Waals surface area contributed by atoms with Crippen molar-refractivity contribution in [3.63, 3.8) is 0 Å². The molecule has 8 aromatic carbocycles. The van der Waals surface area contributed by atoms with Gasteiger partial charge in [-0.25, -0.2) is 9.98 Å². The summed E-state index contributed by atoms with van der Waals surface area (Å²) in [5.74, 6) is 1.40. The Hall–Kier alpha value is -6.78. The second-order valence-corrected chi connectivity index (χ2v) is 13.0. The van der Waals surface area contributed by atoms with E-state index in [9.17, 15) is 0 Å². The molecule has 1 N–H and O–H groups in total. The number of hydrogen-bond acceptors (Lipinski definition) is 4. The zero-order valence-electron chi connectivity index (χ0n) is 27.6. The molecule has 4 nitrogen and oxygen atoms in total. The summed E-state index contributed by atoms with van der Waals surface area (Å²) in [7, 11) is 0. The van der Waals surface area contributed by atoms with Crippen molar-refractivity contribution in [2.45, 2.75) is 6.17 Å². The fraction of sp³-hybridized carbons (Fsp3) is 0.0213. The highest BCUT2D eigenvalue weighted by Crippen LogP contribution is 2.42. The Kier molecular flexibility index (Phi) is 6.85. The Morgan fingerprint density at radius 3 is 1.80 bits per heavy atom. The third-order valence-electron chi connectivity index (χ3n) is 9.93.